The lowest BCUT2D eigenvalue weighted by molar-refractivity contribution is 0.101. The zero-order chi connectivity index (χ0) is 10.1. The van der Waals surface area contributed by atoms with Crippen molar-refractivity contribution in [3.05, 3.63) is 35.8 Å². The second-order valence-electron chi connectivity index (χ2n) is 3.25. The molecule has 0 aliphatic carbocycles. The van der Waals surface area contributed by atoms with Crippen LogP contribution in [0.2, 0.25) is 0 Å². The molecule has 3 nitrogen and oxygen atoms in total. The van der Waals surface area contributed by atoms with E-state index in [1.807, 2.05) is 25.1 Å². The second kappa shape index (κ2) is 3.18. The summed E-state index contributed by atoms with van der Waals surface area (Å²) in [6.45, 7) is 3.49. The van der Waals surface area contributed by atoms with Crippen LogP contribution in [0.1, 0.15) is 23.0 Å². The van der Waals surface area contributed by atoms with Crippen molar-refractivity contribution in [3.8, 4) is 0 Å². The van der Waals surface area contributed by atoms with E-state index in [-0.39, 0.29) is 5.78 Å². The van der Waals surface area contributed by atoms with E-state index in [1.165, 1.54) is 13.3 Å². The number of nitrogens with zero attached hydrogens (tertiary/aromatic N) is 2. The third-order valence-corrected chi connectivity index (χ3v) is 2.20. The highest BCUT2D eigenvalue weighted by Gasteiger charge is 2.08. The van der Waals surface area contributed by atoms with Crippen molar-refractivity contribution in [1.29, 1.82) is 0 Å². The molecule has 0 aliphatic heterocycles. The number of carbonyl (C=O) groups is 1. The molecule has 0 fully saturated rings. The minimum absolute atomic E-state index is 0.0250. The summed E-state index contributed by atoms with van der Waals surface area (Å²) < 4.78 is 0. The van der Waals surface area contributed by atoms with Crippen LogP contribution >= 0.6 is 0 Å². The molecular formula is C11H10N2O. The van der Waals surface area contributed by atoms with E-state index in [0.29, 0.717) is 5.69 Å². The van der Waals surface area contributed by atoms with Gasteiger partial charge in [0.2, 0.25) is 0 Å². The predicted octanol–water partition coefficient (Wildman–Crippen LogP) is 2.14. The van der Waals surface area contributed by atoms with Crippen LogP contribution in [0, 0.1) is 6.92 Å². The molecule has 3 heteroatoms. The molecule has 0 unspecified atom stereocenters. The van der Waals surface area contributed by atoms with Crippen LogP contribution in [-0.4, -0.2) is 15.8 Å². The van der Waals surface area contributed by atoms with Gasteiger partial charge in [0, 0.05) is 12.3 Å². The molecule has 0 atom stereocenters. The van der Waals surface area contributed by atoms with Gasteiger partial charge in [0.15, 0.2) is 5.78 Å². The lowest BCUT2D eigenvalue weighted by Crippen LogP contribution is -1.99. The maximum atomic E-state index is 11.3. The Bertz CT molecular complexity index is 506. The van der Waals surface area contributed by atoms with E-state index in [4.69, 9.17) is 0 Å². The SMILES string of the molecule is CC(=O)c1ncnc2c(C)cccc12. The van der Waals surface area contributed by atoms with Gasteiger partial charge in [-0.3, -0.25) is 4.79 Å². The highest BCUT2D eigenvalue weighted by molar-refractivity contribution is 6.04. The Balaban J connectivity index is 2.88. The molecule has 0 amide bonds. The fourth-order valence-electron chi connectivity index (χ4n) is 1.52. The summed E-state index contributed by atoms with van der Waals surface area (Å²) in [6, 6.07) is 5.76. The number of benzene rings is 1. The van der Waals surface area contributed by atoms with E-state index in [0.717, 1.165) is 16.5 Å². The lowest BCUT2D eigenvalue weighted by atomic mass is 10.1. The number of Topliss-reactive ketones (excluding diaryl/α,β-unsaturated/α-hetero) is 1. The highest BCUT2D eigenvalue weighted by Crippen LogP contribution is 2.17. The molecule has 0 saturated carbocycles. The normalized spacial score (nSPS) is 10.4. The molecule has 0 saturated heterocycles. The molecule has 1 heterocycles. The van der Waals surface area contributed by atoms with Gasteiger partial charge in [-0.1, -0.05) is 18.2 Å². The number of para-hydroxylation sites is 1. The molecule has 1 aromatic carbocycles. The summed E-state index contributed by atoms with van der Waals surface area (Å²) in [4.78, 5) is 19.4. The van der Waals surface area contributed by atoms with Crippen LogP contribution < -0.4 is 0 Å². The monoisotopic (exact) mass is 186 g/mol. The number of hydrogen-bond donors (Lipinski definition) is 0. The van der Waals surface area contributed by atoms with E-state index in [2.05, 4.69) is 9.97 Å². The van der Waals surface area contributed by atoms with E-state index < -0.39 is 0 Å². The molecule has 14 heavy (non-hydrogen) atoms. The summed E-state index contributed by atoms with van der Waals surface area (Å²) in [5.74, 6) is -0.0250. The molecule has 2 rings (SSSR count). The standard InChI is InChI=1S/C11H10N2O/c1-7-4-3-5-9-10(7)12-6-13-11(9)8(2)14/h3-6H,1-2H3. The summed E-state index contributed by atoms with van der Waals surface area (Å²) in [7, 11) is 0. The summed E-state index contributed by atoms with van der Waals surface area (Å²) >= 11 is 0. The van der Waals surface area contributed by atoms with Crippen LogP contribution in [0.15, 0.2) is 24.5 Å². The third-order valence-electron chi connectivity index (χ3n) is 2.20. The number of carbonyl (C=O) groups excluding carboxylic acids is 1. The first-order valence-electron chi connectivity index (χ1n) is 4.41. The van der Waals surface area contributed by atoms with Crippen molar-refractivity contribution in [2.45, 2.75) is 13.8 Å². The van der Waals surface area contributed by atoms with Crippen LogP contribution in [0.3, 0.4) is 0 Å². The largest absolute Gasteiger partial charge is 0.293 e. The number of aromatic nitrogens is 2. The van der Waals surface area contributed by atoms with Gasteiger partial charge in [0.25, 0.3) is 0 Å². The molecule has 0 bridgehead atoms. The Morgan fingerprint density at radius 2 is 2.07 bits per heavy atom. The highest BCUT2D eigenvalue weighted by atomic mass is 16.1. The molecule has 0 aliphatic rings. The fraction of sp³-hybridized carbons (Fsp3) is 0.182. The zero-order valence-corrected chi connectivity index (χ0v) is 8.11. The minimum atomic E-state index is -0.0250. The van der Waals surface area contributed by atoms with Gasteiger partial charge in [0.05, 0.1) is 5.52 Å². The predicted molar refractivity (Wildman–Crippen MR) is 54.3 cm³/mol. The number of hydrogen-bond acceptors (Lipinski definition) is 3. The molecule has 2 aromatic rings. The Kier molecular flexibility index (Phi) is 2.00. The first-order chi connectivity index (χ1) is 6.70. The maximum absolute atomic E-state index is 11.3. The van der Waals surface area contributed by atoms with Crippen molar-refractivity contribution < 1.29 is 4.79 Å². The van der Waals surface area contributed by atoms with Crippen molar-refractivity contribution >= 4 is 16.7 Å². The second-order valence-corrected chi connectivity index (χ2v) is 3.25. The topological polar surface area (TPSA) is 42.9 Å². The van der Waals surface area contributed by atoms with Crippen LogP contribution in [0.4, 0.5) is 0 Å². The van der Waals surface area contributed by atoms with Gasteiger partial charge in [-0.05, 0) is 12.5 Å². The Morgan fingerprint density at radius 3 is 2.79 bits per heavy atom. The first kappa shape index (κ1) is 8.81. The molecule has 0 spiro atoms. The summed E-state index contributed by atoms with van der Waals surface area (Å²) in [5.41, 5.74) is 2.42. The fourth-order valence-corrected chi connectivity index (χ4v) is 1.52. The Labute approximate surface area is 81.8 Å². The van der Waals surface area contributed by atoms with Gasteiger partial charge in [-0.2, -0.15) is 0 Å². The smallest absolute Gasteiger partial charge is 0.178 e. The van der Waals surface area contributed by atoms with Crippen LogP contribution in [0.5, 0.6) is 0 Å². The maximum Gasteiger partial charge on any atom is 0.178 e. The number of fused-ring (bicyclic) bond motifs is 1. The first-order valence-corrected chi connectivity index (χ1v) is 4.41. The van der Waals surface area contributed by atoms with Gasteiger partial charge in [0.1, 0.15) is 12.0 Å². The molecule has 1 aromatic heterocycles. The van der Waals surface area contributed by atoms with Crippen LogP contribution in [0.25, 0.3) is 10.9 Å². The lowest BCUT2D eigenvalue weighted by Gasteiger charge is -2.02. The molecule has 0 radical (unpaired) electrons. The van der Waals surface area contributed by atoms with E-state index in [9.17, 15) is 4.79 Å². The van der Waals surface area contributed by atoms with Crippen molar-refractivity contribution in [2.75, 3.05) is 0 Å². The van der Waals surface area contributed by atoms with Crippen molar-refractivity contribution in [1.82, 2.24) is 9.97 Å². The quantitative estimate of drug-likeness (QED) is 0.641. The van der Waals surface area contributed by atoms with Crippen LogP contribution in [-0.2, 0) is 0 Å². The van der Waals surface area contributed by atoms with Gasteiger partial charge in [-0.25, -0.2) is 9.97 Å². The average molecular weight is 186 g/mol. The summed E-state index contributed by atoms with van der Waals surface area (Å²) in [6.07, 6.45) is 1.44. The third kappa shape index (κ3) is 1.27. The van der Waals surface area contributed by atoms with E-state index in [1.54, 1.807) is 0 Å². The molecule has 0 N–H and O–H groups in total. The summed E-state index contributed by atoms with van der Waals surface area (Å²) in [5, 5.41) is 0.833. The van der Waals surface area contributed by atoms with Crippen molar-refractivity contribution in [3.63, 3.8) is 0 Å². The number of ketones is 1. The number of rotatable bonds is 1. The Morgan fingerprint density at radius 1 is 1.29 bits per heavy atom. The van der Waals surface area contributed by atoms with E-state index >= 15 is 0 Å². The molecule has 70 valence electrons. The van der Waals surface area contributed by atoms with Crippen molar-refractivity contribution in [2.24, 2.45) is 0 Å². The zero-order valence-electron chi connectivity index (χ0n) is 8.11. The van der Waals surface area contributed by atoms with Gasteiger partial charge >= 0.3 is 0 Å². The minimum Gasteiger partial charge on any atom is -0.293 e. The molecular weight excluding hydrogens is 176 g/mol. The number of aryl methyl sites for hydroxylation is 1. The van der Waals surface area contributed by atoms with Gasteiger partial charge < -0.3 is 0 Å². The van der Waals surface area contributed by atoms with Gasteiger partial charge in [-0.15, -0.1) is 0 Å². The average Bonchev–Trinajstić information content (AvgIpc) is 2.17. The Hall–Kier alpha value is -1.77.